The Kier molecular flexibility index (Phi) is 11.1. The van der Waals surface area contributed by atoms with Gasteiger partial charge in [-0.05, 0) is 96.4 Å². The average molecular weight is 868 g/mol. The molecule has 0 saturated carbocycles. The molecule has 0 aliphatic heterocycles. The van der Waals surface area contributed by atoms with Crippen molar-refractivity contribution in [1.29, 1.82) is 0 Å². The van der Waals surface area contributed by atoms with Gasteiger partial charge in [0.05, 0.1) is 33.8 Å². The van der Waals surface area contributed by atoms with Gasteiger partial charge in [0, 0.05) is 22.5 Å². The largest absolute Gasteiger partial charge is 0.506 e. The third-order valence-corrected chi connectivity index (χ3v) is 10.8. The van der Waals surface area contributed by atoms with Crippen LogP contribution in [-0.2, 0) is 30.4 Å². The standard InChI is InChI=1S/C34H26ClN9O11S3/c35-18-1-4-21(5-2-18)40-44-33-29(58(53,54)55)14-17-13-28(57(50,51)52)32(31(37)30(17)34(33)46)43-41-23-10-12-25(27(16-23)56(47,48)49)38-20-6-8-22(9-7-20)39-42-24-11-3-19(36)15-26(24)45/h1-16,38,45-46H,36-37H2,(H,47,48,49)(H,50,51,52)(H,53,54,55). The second kappa shape index (κ2) is 15.7. The van der Waals surface area contributed by atoms with Crippen LogP contribution in [0.2, 0.25) is 5.02 Å². The summed E-state index contributed by atoms with van der Waals surface area (Å²) in [5.74, 6) is -1.18. The molecule has 6 rings (SSSR count). The molecular formula is C34H26ClN9O11S3. The first kappa shape index (κ1) is 41.0. The predicted molar refractivity (Wildman–Crippen MR) is 212 cm³/mol. The van der Waals surface area contributed by atoms with Crippen molar-refractivity contribution in [3.05, 3.63) is 102 Å². The van der Waals surface area contributed by atoms with Crippen molar-refractivity contribution in [2.24, 2.45) is 30.7 Å². The molecule has 24 heteroatoms. The summed E-state index contributed by atoms with van der Waals surface area (Å²) in [5, 5.41) is 46.8. The SMILES string of the molecule is Nc1ccc(N=Nc2ccc(Nc3ccc(N=Nc4c(S(=O)(=O)O)cc5cc(S(=O)(=O)O)c(N=Nc6ccc(Cl)cc6)c(O)c5c4N)cc3S(=O)(=O)O)cc2)c(O)c1. The highest BCUT2D eigenvalue weighted by Crippen LogP contribution is 2.48. The molecule has 0 spiro atoms. The Labute approximate surface area is 333 Å². The van der Waals surface area contributed by atoms with Gasteiger partial charge in [-0.2, -0.15) is 40.6 Å². The van der Waals surface area contributed by atoms with E-state index in [1.807, 2.05) is 0 Å². The molecule has 0 aliphatic carbocycles. The number of azo groups is 3. The maximum Gasteiger partial charge on any atom is 0.296 e. The number of fused-ring (bicyclic) bond motifs is 1. The molecule has 0 atom stereocenters. The fourth-order valence-electron chi connectivity index (χ4n) is 5.22. The summed E-state index contributed by atoms with van der Waals surface area (Å²) in [6, 6.07) is 20.8. The normalized spacial score (nSPS) is 12.6. The van der Waals surface area contributed by atoms with Gasteiger partial charge in [0.15, 0.2) is 5.75 Å². The minimum Gasteiger partial charge on any atom is -0.506 e. The quantitative estimate of drug-likeness (QED) is 0.0343. The number of nitrogens with one attached hydrogen (secondary N) is 1. The van der Waals surface area contributed by atoms with Gasteiger partial charge in [-0.3, -0.25) is 13.7 Å². The van der Waals surface area contributed by atoms with E-state index >= 15 is 0 Å². The molecule has 6 aromatic rings. The van der Waals surface area contributed by atoms with E-state index in [4.69, 9.17) is 23.1 Å². The van der Waals surface area contributed by atoms with E-state index in [1.165, 1.54) is 78.9 Å². The van der Waals surface area contributed by atoms with E-state index in [1.54, 1.807) is 0 Å². The zero-order valence-electron chi connectivity index (χ0n) is 28.9. The molecule has 0 bridgehead atoms. The highest BCUT2D eigenvalue weighted by Gasteiger charge is 2.28. The lowest BCUT2D eigenvalue weighted by Gasteiger charge is -2.14. The molecule has 0 saturated heterocycles. The maximum atomic E-state index is 12.5. The Hall–Kier alpha value is -6.60. The van der Waals surface area contributed by atoms with Crippen LogP contribution in [0.3, 0.4) is 0 Å². The van der Waals surface area contributed by atoms with Crippen molar-refractivity contribution < 1.29 is 49.1 Å². The summed E-state index contributed by atoms with van der Waals surface area (Å²) in [6.07, 6.45) is 0. The van der Waals surface area contributed by atoms with E-state index in [9.17, 15) is 49.1 Å². The Morgan fingerprint density at radius 2 is 1.07 bits per heavy atom. The number of rotatable bonds is 11. The minimum atomic E-state index is -5.22. The summed E-state index contributed by atoms with van der Waals surface area (Å²) in [7, 11) is -15.3. The Balaban J connectivity index is 1.37. The van der Waals surface area contributed by atoms with Crippen LogP contribution < -0.4 is 16.8 Å². The van der Waals surface area contributed by atoms with Crippen molar-refractivity contribution in [2.45, 2.75) is 14.7 Å². The zero-order valence-corrected chi connectivity index (χ0v) is 32.1. The molecule has 58 heavy (non-hydrogen) atoms. The molecule has 0 radical (unpaired) electrons. The van der Waals surface area contributed by atoms with Gasteiger partial charge >= 0.3 is 0 Å². The van der Waals surface area contributed by atoms with Gasteiger partial charge in [-0.15, -0.1) is 15.3 Å². The van der Waals surface area contributed by atoms with Gasteiger partial charge in [0.2, 0.25) is 0 Å². The molecule has 0 fully saturated rings. The Morgan fingerprint density at radius 1 is 0.552 bits per heavy atom. The monoisotopic (exact) mass is 867 g/mol. The van der Waals surface area contributed by atoms with Crippen LogP contribution in [0.1, 0.15) is 0 Å². The first-order valence-electron chi connectivity index (χ1n) is 15.8. The van der Waals surface area contributed by atoms with E-state index in [2.05, 4.69) is 36.0 Å². The predicted octanol–water partition coefficient (Wildman–Crippen LogP) is 8.80. The summed E-state index contributed by atoms with van der Waals surface area (Å²) in [4.78, 5) is -2.73. The third-order valence-electron chi connectivity index (χ3n) is 7.89. The number of aromatic hydroxyl groups is 2. The van der Waals surface area contributed by atoms with Crippen molar-refractivity contribution in [1.82, 2.24) is 0 Å². The number of hydrogen-bond donors (Lipinski definition) is 8. The van der Waals surface area contributed by atoms with Gasteiger partial charge in [-0.1, -0.05) is 11.6 Å². The fourth-order valence-corrected chi connectivity index (χ4v) is 7.34. The lowest BCUT2D eigenvalue weighted by Crippen LogP contribution is -2.04. The van der Waals surface area contributed by atoms with E-state index in [0.29, 0.717) is 28.2 Å². The molecule has 298 valence electrons. The molecule has 0 aromatic heterocycles. The highest BCUT2D eigenvalue weighted by atomic mass is 35.5. The lowest BCUT2D eigenvalue weighted by molar-refractivity contribution is 0.472. The number of nitrogen functional groups attached to an aromatic ring is 2. The number of phenols is 2. The lowest BCUT2D eigenvalue weighted by atomic mass is 10.1. The van der Waals surface area contributed by atoms with Crippen molar-refractivity contribution in [3.63, 3.8) is 0 Å². The third kappa shape index (κ3) is 9.16. The van der Waals surface area contributed by atoms with Crippen LogP contribution in [0, 0.1) is 0 Å². The van der Waals surface area contributed by atoms with Crippen LogP contribution in [0.5, 0.6) is 11.5 Å². The first-order chi connectivity index (χ1) is 27.2. The van der Waals surface area contributed by atoms with Gasteiger partial charge in [-0.25, -0.2) is 0 Å². The minimum absolute atomic E-state index is 0.133. The van der Waals surface area contributed by atoms with Crippen molar-refractivity contribution >= 4 is 110 Å². The number of nitrogens with two attached hydrogens (primary N) is 2. The Morgan fingerprint density at radius 3 is 1.66 bits per heavy atom. The first-order valence-corrected chi connectivity index (χ1v) is 20.5. The second-order valence-electron chi connectivity index (χ2n) is 11.9. The van der Waals surface area contributed by atoms with Crippen molar-refractivity contribution in [3.8, 4) is 11.5 Å². The Bertz CT molecular complexity index is 3060. The smallest absolute Gasteiger partial charge is 0.296 e. The van der Waals surface area contributed by atoms with Crippen LogP contribution in [0.15, 0.2) is 142 Å². The van der Waals surface area contributed by atoms with E-state index in [0.717, 1.165) is 12.1 Å². The average Bonchev–Trinajstić information content (AvgIpc) is 3.14. The molecule has 0 amide bonds. The summed E-state index contributed by atoms with van der Waals surface area (Å²) in [6.45, 7) is 0. The number of phenolic OH excluding ortho intramolecular Hbond substituents is 2. The molecule has 6 aromatic carbocycles. The number of anilines is 4. The number of nitrogens with zero attached hydrogens (tertiary/aromatic N) is 6. The van der Waals surface area contributed by atoms with Crippen LogP contribution >= 0.6 is 11.6 Å². The summed E-state index contributed by atoms with van der Waals surface area (Å²) >= 11 is 5.87. The van der Waals surface area contributed by atoms with Gasteiger partial charge in [0.25, 0.3) is 30.4 Å². The molecule has 0 aliphatic rings. The number of benzene rings is 6. The molecule has 0 unspecified atom stereocenters. The van der Waals surface area contributed by atoms with E-state index in [-0.39, 0.29) is 28.5 Å². The van der Waals surface area contributed by atoms with Crippen LogP contribution in [-0.4, -0.2) is 49.1 Å². The number of halogens is 1. The maximum absolute atomic E-state index is 12.5. The number of hydrogen-bond acceptors (Lipinski definition) is 17. The second-order valence-corrected chi connectivity index (χ2v) is 16.5. The zero-order chi connectivity index (χ0) is 42.2. The van der Waals surface area contributed by atoms with E-state index < -0.39 is 78.6 Å². The van der Waals surface area contributed by atoms with Gasteiger partial charge in [0.1, 0.15) is 37.5 Å². The van der Waals surface area contributed by atoms with Crippen LogP contribution in [0.4, 0.5) is 56.9 Å². The van der Waals surface area contributed by atoms with Gasteiger partial charge < -0.3 is 27.0 Å². The highest BCUT2D eigenvalue weighted by molar-refractivity contribution is 7.86. The molecule has 20 nitrogen and oxygen atoms in total. The fraction of sp³-hybridized carbons (Fsp3) is 0. The summed E-state index contributed by atoms with van der Waals surface area (Å²) < 4.78 is 105. The molecule has 10 N–H and O–H groups in total. The van der Waals surface area contributed by atoms with Crippen molar-refractivity contribution in [2.75, 3.05) is 16.8 Å². The molecule has 0 heterocycles. The topological polar surface area (TPSA) is 342 Å². The summed E-state index contributed by atoms with van der Waals surface area (Å²) in [5.41, 5.74) is 10.5. The van der Waals surface area contributed by atoms with Crippen LogP contribution in [0.25, 0.3) is 10.8 Å². The molecular weight excluding hydrogens is 842 g/mol.